The highest BCUT2D eigenvalue weighted by molar-refractivity contribution is 5.66. The van der Waals surface area contributed by atoms with Crippen LogP contribution in [0, 0.1) is 6.92 Å². The summed E-state index contributed by atoms with van der Waals surface area (Å²) in [5.74, 6) is 0.0781. The molecular formula is C16H19NO3. The van der Waals surface area contributed by atoms with Crippen LogP contribution in [0.15, 0.2) is 36.5 Å². The summed E-state index contributed by atoms with van der Waals surface area (Å²) >= 11 is 0. The van der Waals surface area contributed by atoms with Crippen LogP contribution in [0.4, 0.5) is 0 Å². The minimum absolute atomic E-state index is 0.194. The Hall–Kier alpha value is -2.23. The van der Waals surface area contributed by atoms with E-state index in [4.69, 9.17) is 9.84 Å². The molecule has 0 radical (unpaired) electrons. The van der Waals surface area contributed by atoms with Crippen molar-refractivity contribution in [3.05, 3.63) is 42.1 Å². The topological polar surface area (TPSA) is 51.5 Å². The number of ether oxygens (including phenoxy) is 1. The number of rotatable bonds is 6. The smallest absolute Gasteiger partial charge is 0.303 e. The van der Waals surface area contributed by atoms with Crippen LogP contribution >= 0.6 is 0 Å². The van der Waals surface area contributed by atoms with Gasteiger partial charge in [0.1, 0.15) is 5.75 Å². The number of aromatic nitrogens is 1. The molecule has 1 N–H and O–H groups in total. The molecule has 2 rings (SSSR count). The molecule has 0 saturated carbocycles. The first-order valence-corrected chi connectivity index (χ1v) is 6.63. The molecule has 0 bridgehead atoms. The van der Waals surface area contributed by atoms with Crippen molar-refractivity contribution in [2.45, 2.75) is 26.3 Å². The van der Waals surface area contributed by atoms with E-state index in [1.165, 1.54) is 5.56 Å². The lowest BCUT2D eigenvalue weighted by molar-refractivity contribution is -0.137. The highest BCUT2D eigenvalue weighted by atomic mass is 16.5. The zero-order valence-corrected chi connectivity index (χ0v) is 11.8. The fourth-order valence-electron chi connectivity index (χ4n) is 2.25. The van der Waals surface area contributed by atoms with E-state index in [1.807, 2.05) is 31.2 Å². The molecule has 4 heteroatoms. The van der Waals surface area contributed by atoms with Gasteiger partial charge < -0.3 is 14.4 Å². The number of hydrogen-bond donors (Lipinski definition) is 1. The fraction of sp³-hybridized carbons (Fsp3) is 0.312. The number of benzene rings is 1. The number of hydrogen-bond acceptors (Lipinski definition) is 2. The summed E-state index contributed by atoms with van der Waals surface area (Å²) < 4.78 is 7.27. The number of carboxylic acids is 1. The van der Waals surface area contributed by atoms with Crippen LogP contribution in [0.2, 0.25) is 0 Å². The maximum Gasteiger partial charge on any atom is 0.303 e. The van der Waals surface area contributed by atoms with Gasteiger partial charge in [-0.1, -0.05) is 0 Å². The monoisotopic (exact) mass is 273 g/mol. The van der Waals surface area contributed by atoms with Crippen LogP contribution < -0.4 is 4.74 Å². The summed E-state index contributed by atoms with van der Waals surface area (Å²) in [6.07, 6.45) is 2.88. The Morgan fingerprint density at radius 2 is 2.00 bits per heavy atom. The number of aliphatic carboxylic acids is 1. The van der Waals surface area contributed by atoms with E-state index < -0.39 is 5.97 Å². The summed E-state index contributed by atoms with van der Waals surface area (Å²) in [7, 11) is 1.65. The van der Waals surface area contributed by atoms with Crippen LogP contribution in [-0.2, 0) is 11.3 Å². The predicted octanol–water partition coefficient (Wildman–Crippen LogP) is 3.34. The molecule has 0 aliphatic rings. The van der Waals surface area contributed by atoms with Crippen LogP contribution in [0.5, 0.6) is 5.75 Å². The Bertz CT molecular complexity index is 584. The van der Waals surface area contributed by atoms with Gasteiger partial charge in [-0.2, -0.15) is 0 Å². The van der Waals surface area contributed by atoms with Crippen molar-refractivity contribution < 1.29 is 14.6 Å². The van der Waals surface area contributed by atoms with Gasteiger partial charge in [-0.15, -0.1) is 0 Å². The zero-order chi connectivity index (χ0) is 14.5. The third-order valence-corrected chi connectivity index (χ3v) is 3.21. The quantitative estimate of drug-likeness (QED) is 0.878. The summed E-state index contributed by atoms with van der Waals surface area (Å²) in [6.45, 7) is 2.75. The van der Waals surface area contributed by atoms with Crippen LogP contribution in [-0.4, -0.2) is 22.8 Å². The van der Waals surface area contributed by atoms with Gasteiger partial charge in [0.2, 0.25) is 0 Å². The number of carboxylic acid groups (broad SMARTS) is 1. The van der Waals surface area contributed by atoms with E-state index in [-0.39, 0.29) is 6.42 Å². The van der Waals surface area contributed by atoms with Gasteiger partial charge in [0, 0.05) is 24.9 Å². The molecule has 0 aliphatic heterocycles. The van der Waals surface area contributed by atoms with E-state index in [0.29, 0.717) is 13.0 Å². The van der Waals surface area contributed by atoms with Crippen LogP contribution in [0.1, 0.15) is 18.4 Å². The van der Waals surface area contributed by atoms with Crippen molar-refractivity contribution in [3.63, 3.8) is 0 Å². The second-order valence-electron chi connectivity index (χ2n) is 4.82. The molecule has 106 valence electrons. The van der Waals surface area contributed by atoms with Crippen LogP contribution in [0.25, 0.3) is 11.3 Å². The minimum Gasteiger partial charge on any atom is -0.497 e. The molecule has 1 aromatic heterocycles. The van der Waals surface area contributed by atoms with Gasteiger partial charge in [-0.25, -0.2) is 0 Å². The van der Waals surface area contributed by atoms with E-state index in [0.717, 1.165) is 17.0 Å². The first-order chi connectivity index (χ1) is 9.60. The third-order valence-electron chi connectivity index (χ3n) is 3.21. The third kappa shape index (κ3) is 3.41. The molecular weight excluding hydrogens is 254 g/mol. The standard InChI is InChI=1S/C16H19NO3/c1-12-10-15(13-5-7-14(20-2)8-6-13)17(11-12)9-3-4-16(18)19/h5-8,10-11H,3-4,9H2,1-2H3,(H,18,19). The van der Waals surface area contributed by atoms with Gasteiger partial charge >= 0.3 is 5.97 Å². The number of nitrogens with zero attached hydrogens (tertiary/aromatic N) is 1. The maximum atomic E-state index is 10.6. The van der Waals surface area contributed by atoms with E-state index in [1.54, 1.807) is 7.11 Å². The number of methoxy groups -OCH3 is 1. The van der Waals surface area contributed by atoms with Gasteiger partial charge in [0.05, 0.1) is 7.11 Å². The van der Waals surface area contributed by atoms with Gasteiger partial charge in [-0.05, 0) is 54.8 Å². The summed E-state index contributed by atoms with van der Waals surface area (Å²) in [6, 6.07) is 10.0. The second-order valence-corrected chi connectivity index (χ2v) is 4.82. The summed E-state index contributed by atoms with van der Waals surface area (Å²) in [5.41, 5.74) is 3.39. The Kier molecular flexibility index (Phi) is 4.45. The largest absolute Gasteiger partial charge is 0.497 e. The highest BCUT2D eigenvalue weighted by Crippen LogP contribution is 2.25. The molecule has 1 aromatic carbocycles. The molecule has 20 heavy (non-hydrogen) atoms. The second kappa shape index (κ2) is 6.28. The molecule has 0 spiro atoms. The summed E-state index contributed by atoms with van der Waals surface area (Å²) in [5, 5.41) is 8.72. The lowest BCUT2D eigenvalue weighted by atomic mass is 10.1. The maximum absolute atomic E-state index is 10.6. The fourth-order valence-corrected chi connectivity index (χ4v) is 2.25. The first kappa shape index (κ1) is 14.2. The average Bonchev–Trinajstić information content (AvgIpc) is 2.79. The van der Waals surface area contributed by atoms with Crippen molar-refractivity contribution in [1.82, 2.24) is 4.57 Å². The van der Waals surface area contributed by atoms with Gasteiger partial charge in [-0.3, -0.25) is 4.79 Å². The van der Waals surface area contributed by atoms with Gasteiger partial charge in [0.25, 0.3) is 0 Å². The number of aryl methyl sites for hydroxylation is 2. The molecule has 0 atom stereocenters. The Labute approximate surface area is 118 Å². The van der Waals surface area contributed by atoms with Crippen molar-refractivity contribution in [2.24, 2.45) is 0 Å². The molecule has 4 nitrogen and oxygen atoms in total. The van der Waals surface area contributed by atoms with E-state index in [2.05, 4.69) is 16.8 Å². The lowest BCUT2D eigenvalue weighted by Crippen LogP contribution is -2.02. The van der Waals surface area contributed by atoms with Crippen molar-refractivity contribution in [2.75, 3.05) is 7.11 Å². The van der Waals surface area contributed by atoms with Crippen molar-refractivity contribution >= 4 is 5.97 Å². The summed E-state index contributed by atoms with van der Waals surface area (Å²) in [4.78, 5) is 10.6. The van der Waals surface area contributed by atoms with E-state index >= 15 is 0 Å². The Morgan fingerprint density at radius 1 is 1.30 bits per heavy atom. The van der Waals surface area contributed by atoms with E-state index in [9.17, 15) is 4.79 Å². The average molecular weight is 273 g/mol. The van der Waals surface area contributed by atoms with Gasteiger partial charge in [0.15, 0.2) is 0 Å². The minimum atomic E-state index is -0.750. The number of carbonyl (C=O) groups is 1. The predicted molar refractivity (Wildman–Crippen MR) is 78.0 cm³/mol. The SMILES string of the molecule is COc1ccc(-c2cc(C)cn2CCCC(=O)O)cc1. The van der Waals surface area contributed by atoms with Crippen molar-refractivity contribution in [3.8, 4) is 17.0 Å². The highest BCUT2D eigenvalue weighted by Gasteiger charge is 2.07. The molecule has 2 aromatic rings. The lowest BCUT2D eigenvalue weighted by Gasteiger charge is -2.09. The molecule has 0 fully saturated rings. The van der Waals surface area contributed by atoms with Crippen molar-refractivity contribution in [1.29, 1.82) is 0 Å². The zero-order valence-electron chi connectivity index (χ0n) is 11.8. The first-order valence-electron chi connectivity index (χ1n) is 6.63. The molecule has 1 heterocycles. The Morgan fingerprint density at radius 3 is 2.60 bits per heavy atom. The normalized spacial score (nSPS) is 10.5. The molecule has 0 aliphatic carbocycles. The molecule has 0 unspecified atom stereocenters. The molecule has 0 amide bonds. The Balaban J connectivity index is 2.19. The van der Waals surface area contributed by atoms with Crippen LogP contribution in [0.3, 0.4) is 0 Å². The molecule has 0 saturated heterocycles.